The summed E-state index contributed by atoms with van der Waals surface area (Å²) in [6.45, 7) is 3.08. The van der Waals surface area contributed by atoms with Gasteiger partial charge in [-0.2, -0.15) is 5.10 Å². The van der Waals surface area contributed by atoms with E-state index in [0.29, 0.717) is 36.6 Å². The highest BCUT2D eigenvalue weighted by atomic mass is 32.1. The van der Waals surface area contributed by atoms with Gasteiger partial charge in [0.2, 0.25) is 5.88 Å². The third-order valence-electron chi connectivity index (χ3n) is 4.64. The van der Waals surface area contributed by atoms with Gasteiger partial charge in [-0.05, 0) is 19.4 Å². The third kappa shape index (κ3) is 4.02. The van der Waals surface area contributed by atoms with Gasteiger partial charge in [0.15, 0.2) is 0 Å². The first-order valence-electron chi connectivity index (χ1n) is 8.85. The molecule has 1 unspecified atom stereocenters. The minimum absolute atomic E-state index is 0.179. The molecule has 1 saturated carbocycles. The molecule has 0 radical (unpaired) electrons. The maximum atomic E-state index is 12.3. The van der Waals surface area contributed by atoms with Crippen molar-refractivity contribution in [1.29, 1.82) is 0 Å². The Hall–Kier alpha value is -2.68. The van der Waals surface area contributed by atoms with Crippen LogP contribution in [0.3, 0.4) is 0 Å². The van der Waals surface area contributed by atoms with Crippen molar-refractivity contribution in [2.75, 3.05) is 11.9 Å². The Morgan fingerprint density at radius 3 is 2.93 bits per heavy atom. The normalized spacial score (nSPS) is 18.5. The first-order valence-corrected chi connectivity index (χ1v) is 9.67. The summed E-state index contributed by atoms with van der Waals surface area (Å²) in [6, 6.07) is 3.73. The van der Waals surface area contributed by atoms with E-state index in [2.05, 4.69) is 26.6 Å². The SMILES string of the molecule is Cc1ncc(CNc2cc(OCC3C[C@H]3c3ccn(C)n3)nn(C)c2=O)s1. The van der Waals surface area contributed by atoms with Gasteiger partial charge in [-0.3, -0.25) is 9.48 Å². The molecule has 0 saturated heterocycles. The van der Waals surface area contributed by atoms with Crippen LogP contribution in [-0.2, 0) is 20.6 Å². The molecule has 27 heavy (non-hydrogen) atoms. The first-order chi connectivity index (χ1) is 13.0. The number of thiazole rings is 1. The second kappa shape index (κ2) is 7.15. The van der Waals surface area contributed by atoms with Crippen LogP contribution in [0.15, 0.2) is 29.3 Å². The minimum Gasteiger partial charge on any atom is -0.476 e. The molecule has 1 N–H and O–H groups in total. The maximum Gasteiger partial charge on any atom is 0.290 e. The Labute approximate surface area is 160 Å². The fourth-order valence-corrected chi connectivity index (χ4v) is 3.80. The zero-order valence-electron chi connectivity index (χ0n) is 15.5. The summed E-state index contributed by atoms with van der Waals surface area (Å²) < 4.78 is 8.99. The molecule has 142 valence electrons. The fourth-order valence-electron chi connectivity index (χ4n) is 3.07. The van der Waals surface area contributed by atoms with Crippen LogP contribution in [0, 0.1) is 12.8 Å². The molecule has 1 fully saturated rings. The highest BCUT2D eigenvalue weighted by Gasteiger charge is 2.40. The second-order valence-electron chi connectivity index (χ2n) is 6.85. The predicted octanol–water partition coefficient (Wildman–Crippen LogP) is 2.07. The topological polar surface area (TPSA) is 86.9 Å². The number of aromatic nitrogens is 5. The Morgan fingerprint density at radius 2 is 2.22 bits per heavy atom. The van der Waals surface area contributed by atoms with Crippen LogP contribution in [0.5, 0.6) is 5.88 Å². The molecular formula is C18H22N6O2S. The van der Waals surface area contributed by atoms with Crippen LogP contribution in [0.4, 0.5) is 5.69 Å². The Balaban J connectivity index is 1.38. The highest BCUT2D eigenvalue weighted by Crippen LogP contribution is 2.46. The van der Waals surface area contributed by atoms with Gasteiger partial charge in [-0.1, -0.05) is 0 Å². The Bertz CT molecular complexity index is 1010. The van der Waals surface area contributed by atoms with E-state index >= 15 is 0 Å². The lowest BCUT2D eigenvalue weighted by molar-refractivity contribution is 0.278. The molecular weight excluding hydrogens is 364 g/mol. The standard InChI is InChI=1S/C18H22N6O2S/c1-11-19-8-13(27-11)9-20-16-7-17(22-24(3)18(16)25)26-10-12-6-14(12)15-4-5-23(2)21-15/h4-5,7-8,12,14,20H,6,9-10H2,1-3H3/t12?,14-/m1/s1. The van der Waals surface area contributed by atoms with Crippen molar-refractivity contribution in [1.82, 2.24) is 24.5 Å². The number of aryl methyl sites for hydroxylation is 3. The van der Waals surface area contributed by atoms with Crippen molar-refractivity contribution in [2.45, 2.75) is 25.8 Å². The molecule has 1 aliphatic carbocycles. The van der Waals surface area contributed by atoms with Crippen molar-refractivity contribution in [3.05, 3.63) is 50.5 Å². The quantitative estimate of drug-likeness (QED) is 0.669. The molecule has 1 aliphatic rings. The number of nitrogens with one attached hydrogen (secondary N) is 1. The van der Waals surface area contributed by atoms with Gasteiger partial charge in [-0.25, -0.2) is 9.67 Å². The molecule has 3 heterocycles. The van der Waals surface area contributed by atoms with Crippen LogP contribution in [0.1, 0.15) is 27.9 Å². The van der Waals surface area contributed by atoms with E-state index in [1.165, 1.54) is 4.68 Å². The molecule has 3 aromatic rings. The lowest BCUT2D eigenvalue weighted by Crippen LogP contribution is -2.24. The highest BCUT2D eigenvalue weighted by molar-refractivity contribution is 7.11. The Kier molecular flexibility index (Phi) is 4.69. The van der Waals surface area contributed by atoms with Crippen molar-refractivity contribution in [3.8, 4) is 5.88 Å². The number of anilines is 1. The number of hydrogen-bond acceptors (Lipinski definition) is 7. The molecule has 0 spiro atoms. The van der Waals surface area contributed by atoms with Crippen LogP contribution >= 0.6 is 11.3 Å². The molecule has 3 aromatic heterocycles. The van der Waals surface area contributed by atoms with Crippen molar-refractivity contribution < 1.29 is 4.74 Å². The average Bonchev–Trinajstić information content (AvgIpc) is 3.09. The lowest BCUT2D eigenvalue weighted by Gasteiger charge is -2.10. The van der Waals surface area contributed by atoms with E-state index in [0.717, 1.165) is 22.0 Å². The van der Waals surface area contributed by atoms with E-state index in [4.69, 9.17) is 4.74 Å². The van der Waals surface area contributed by atoms with Gasteiger partial charge in [0.1, 0.15) is 5.69 Å². The zero-order valence-corrected chi connectivity index (χ0v) is 16.4. The molecule has 0 bridgehead atoms. The summed E-state index contributed by atoms with van der Waals surface area (Å²) in [4.78, 5) is 17.6. The number of rotatable bonds is 7. The first kappa shape index (κ1) is 17.7. The minimum atomic E-state index is -0.179. The summed E-state index contributed by atoms with van der Waals surface area (Å²) >= 11 is 1.61. The van der Waals surface area contributed by atoms with Crippen molar-refractivity contribution in [2.24, 2.45) is 20.0 Å². The molecule has 0 aromatic carbocycles. The van der Waals surface area contributed by atoms with E-state index in [9.17, 15) is 4.79 Å². The smallest absolute Gasteiger partial charge is 0.290 e. The van der Waals surface area contributed by atoms with E-state index in [-0.39, 0.29) is 5.56 Å². The van der Waals surface area contributed by atoms with Crippen LogP contribution in [-0.4, -0.2) is 31.2 Å². The fraction of sp³-hybridized carbons (Fsp3) is 0.444. The van der Waals surface area contributed by atoms with Gasteiger partial charge >= 0.3 is 0 Å². The van der Waals surface area contributed by atoms with Gasteiger partial charge in [0.25, 0.3) is 5.56 Å². The zero-order chi connectivity index (χ0) is 19.0. The van der Waals surface area contributed by atoms with E-state index < -0.39 is 0 Å². The summed E-state index contributed by atoms with van der Waals surface area (Å²) in [7, 11) is 3.55. The number of nitrogens with zero attached hydrogens (tertiary/aromatic N) is 5. The summed E-state index contributed by atoms with van der Waals surface area (Å²) in [6.07, 6.45) is 4.85. The summed E-state index contributed by atoms with van der Waals surface area (Å²) in [5.41, 5.74) is 1.41. The molecule has 0 aliphatic heterocycles. The van der Waals surface area contributed by atoms with Gasteiger partial charge < -0.3 is 10.1 Å². The predicted molar refractivity (Wildman–Crippen MR) is 103 cm³/mol. The summed E-state index contributed by atoms with van der Waals surface area (Å²) in [5, 5.41) is 12.8. The number of hydrogen-bond donors (Lipinski definition) is 1. The van der Waals surface area contributed by atoms with Crippen LogP contribution in [0.25, 0.3) is 0 Å². The van der Waals surface area contributed by atoms with Crippen LogP contribution in [0.2, 0.25) is 0 Å². The van der Waals surface area contributed by atoms with Gasteiger partial charge in [0, 0.05) is 49.3 Å². The molecule has 8 nitrogen and oxygen atoms in total. The van der Waals surface area contributed by atoms with E-state index in [1.807, 2.05) is 31.0 Å². The van der Waals surface area contributed by atoms with Crippen molar-refractivity contribution >= 4 is 17.0 Å². The monoisotopic (exact) mass is 386 g/mol. The third-order valence-corrected chi connectivity index (χ3v) is 5.56. The second-order valence-corrected chi connectivity index (χ2v) is 8.17. The van der Waals surface area contributed by atoms with Crippen LogP contribution < -0.4 is 15.6 Å². The average molecular weight is 386 g/mol. The van der Waals surface area contributed by atoms with Crippen molar-refractivity contribution in [3.63, 3.8) is 0 Å². The molecule has 4 rings (SSSR count). The van der Waals surface area contributed by atoms with E-state index in [1.54, 1.807) is 24.5 Å². The summed E-state index contributed by atoms with van der Waals surface area (Å²) in [5.74, 6) is 1.34. The van der Waals surface area contributed by atoms with Gasteiger partial charge in [0.05, 0.1) is 23.9 Å². The molecule has 0 amide bonds. The lowest BCUT2D eigenvalue weighted by atomic mass is 10.2. The van der Waals surface area contributed by atoms with Gasteiger partial charge in [-0.15, -0.1) is 16.4 Å². The largest absolute Gasteiger partial charge is 0.476 e. The molecule has 9 heteroatoms. The maximum absolute atomic E-state index is 12.3. The Morgan fingerprint density at radius 1 is 1.37 bits per heavy atom. The molecule has 2 atom stereocenters. The number of ether oxygens (including phenoxy) is 1.